The van der Waals surface area contributed by atoms with Crippen LogP contribution in [0.25, 0.3) is 0 Å². The Morgan fingerprint density at radius 2 is 1.94 bits per heavy atom. The Kier molecular flexibility index (Phi) is 4.55. The molecule has 0 radical (unpaired) electrons. The Labute approximate surface area is 106 Å². The number of carboxylic acid groups (broad SMARTS) is 1. The maximum absolute atomic E-state index is 11.9. The Hall–Kier alpha value is -1.31. The number of aliphatic carboxylic acids is 1. The van der Waals surface area contributed by atoms with Crippen LogP contribution < -0.4 is 0 Å². The molecule has 1 N–H and O–H groups in total. The van der Waals surface area contributed by atoms with Crippen molar-refractivity contribution in [2.45, 2.75) is 18.9 Å². The summed E-state index contributed by atoms with van der Waals surface area (Å²) >= 11 is 0. The van der Waals surface area contributed by atoms with Gasteiger partial charge in [0.25, 0.3) is 0 Å². The Morgan fingerprint density at radius 3 is 2.39 bits per heavy atom. The van der Waals surface area contributed by atoms with Gasteiger partial charge in [0.05, 0.1) is 17.9 Å². The molecule has 0 bridgehead atoms. The zero-order valence-electron chi connectivity index (χ0n) is 10.5. The molecule has 1 atom stereocenters. The quantitative estimate of drug-likeness (QED) is 0.757. The van der Waals surface area contributed by atoms with Crippen LogP contribution in [0.15, 0.2) is 0 Å². The predicted molar refractivity (Wildman–Crippen MR) is 65.1 cm³/mol. The highest BCUT2D eigenvalue weighted by molar-refractivity contribution is 7.91. The van der Waals surface area contributed by atoms with E-state index in [9.17, 15) is 18.0 Å². The number of rotatable bonds is 4. The van der Waals surface area contributed by atoms with Crippen molar-refractivity contribution in [2.24, 2.45) is 0 Å². The van der Waals surface area contributed by atoms with E-state index in [1.54, 1.807) is 7.05 Å². The van der Waals surface area contributed by atoms with Crippen LogP contribution in [0.1, 0.15) is 12.8 Å². The zero-order chi connectivity index (χ0) is 13.9. The molecule has 18 heavy (non-hydrogen) atoms. The normalized spacial score (nSPS) is 21.6. The van der Waals surface area contributed by atoms with Crippen LogP contribution in [0, 0.1) is 0 Å². The minimum atomic E-state index is -3.03. The molecule has 1 saturated heterocycles. The second kappa shape index (κ2) is 5.55. The van der Waals surface area contributed by atoms with Crippen LogP contribution in [0.5, 0.6) is 0 Å². The van der Waals surface area contributed by atoms with Gasteiger partial charge in [0, 0.05) is 26.7 Å². The number of amides is 2. The fourth-order valence-electron chi connectivity index (χ4n) is 1.87. The first kappa shape index (κ1) is 14.7. The highest BCUT2D eigenvalue weighted by atomic mass is 32.2. The molecule has 0 aromatic rings. The molecule has 1 rings (SSSR count). The van der Waals surface area contributed by atoms with Gasteiger partial charge in [-0.25, -0.2) is 13.2 Å². The second-order valence-corrected chi connectivity index (χ2v) is 6.74. The van der Waals surface area contributed by atoms with Crippen molar-refractivity contribution in [3.63, 3.8) is 0 Å². The average Bonchev–Trinajstić information content (AvgIpc) is 2.64. The van der Waals surface area contributed by atoms with E-state index in [-0.39, 0.29) is 36.5 Å². The molecule has 0 aromatic heterocycles. The van der Waals surface area contributed by atoms with E-state index in [0.29, 0.717) is 6.42 Å². The van der Waals surface area contributed by atoms with Gasteiger partial charge in [-0.3, -0.25) is 4.79 Å². The van der Waals surface area contributed by atoms with E-state index in [4.69, 9.17) is 5.11 Å². The molecule has 104 valence electrons. The number of carboxylic acids is 1. The van der Waals surface area contributed by atoms with Gasteiger partial charge >= 0.3 is 12.0 Å². The molecular formula is C10H18N2O5S. The molecule has 7 nitrogen and oxygen atoms in total. The largest absolute Gasteiger partial charge is 0.481 e. The zero-order valence-corrected chi connectivity index (χ0v) is 11.3. The van der Waals surface area contributed by atoms with Gasteiger partial charge in [-0.2, -0.15) is 0 Å². The van der Waals surface area contributed by atoms with Crippen LogP contribution >= 0.6 is 0 Å². The second-order valence-electron chi connectivity index (χ2n) is 4.52. The highest BCUT2D eigenvalue weighted by Gasteiger charge is 2.33. The molecule has 0 saturated carbocycles. The minimum Gasteiger partial charge on any atom is -0.481 e. The molecule has 2 amide bonds. The van der Waals surface area contributed by atoms with Gasteiger partial charge < -0.3 is 14.9 Å². The molecule has 1 heterocycles. The fraction of sp³-hybridized carbons (Fsp3) is 0.800. The lowest BCUT2D eigenvalue weighted by Gasteiger charge is -2.28. The molecule has 1 unspecified atom stereocenters. The van der Waals surface area contributed by atoms with Crippen molar-refractivity contribution in [1.82, 2.24) is 9.80 Å². The van der Waals surface area contributed by atoms with Crippen molar-refractivity contribution in [2.75, 3.05) is 32.1 Å². The number of urea groups is 1. The first-order valence-electron chi connectivity index (χ1n) is 5.63. The standard InChI is InChI=1S/C10H18N2O5S/c1-11(5-3-9(13)14)10(15)12(2)8-4-6-18(16,17)7-8/h8H,3-7H2,1-2H3,(H,13,14). The first-order valence-corrected chi connectivity index (χ1v) is 7.45. The Morgan fingerprint density at radius 1 is 1.33 bits per heavy atom. The van der Waals surface area contributed by atoms with Crippen molar-refractivity contribution >= 4 is 21.8 Å². The first-order chi connectivity index (χ1) is 8.23. The number of carbonyl (C=O) groups is 2. The third-order valence-corrected chi connectivity index (χ3v) is 4.80. The molecule has 0 spiro atoms. The van der Waals surface area contributed by atoms with Crippen LogP contribution in [-0.4, -0.2) is 73.5 Å². The van der Waals surface area contributed by atoms with Gasteiger partial charge in [-0.1, -0.05) is 0 Å². The van der Waals surface area contributed by atoms with Crippen molar-refractivity contribution in [3.8, 4) is 0 Å². The van der Waals surface area contributed by atoms with Crippen LogP contribution in [0.4, 0.5) is 4.79 Å². The van der Waals surface area contributed by atoms with Gasteiger partial charge in [0.1, 0.15) is 0 Å². The van der Waals surface area contributed by atoms with Crippen LogP contribution in [-0.2, 0) is 14.6 Å². The molecule has 1 fully saturated rings. The SMILES string of the molecule is CN(CCC(=O)O)C(=O)N(C)C1CCS(=O)(=O)C1. The van der Waals surface area contributed by atoms with Gasteiger partial charge in [-0.05, 0) is 6.42 Å². The van der Waals surface area contributed by atoms with Gasteiger partial charge in [0.2, 0.25) is 0 Å². The van der Waals surface area contributed by atoms with E-state index in [2.05, 4.69) is 0 Å². The molecule has 0 aromatic carbocycles. The monoisotopic (exact) mass is 278 g/mol. The molecule has 1 aliphatic rings. The number of nitrogens with zero attached hydrogens (tertiary/aromatic N) is 2. The van der Waals surface area contributed by atoms with Crippen molar-refractivity contribution in [3.05, 3.63) is 0 Å². The van der Waals surface area contributed by atoms with Gasteiger partial charge in [-0.15, -0.1) is 0 Å². The van der Waals surface area contributed by atoms with E-state index in [1.807, 2.05) is 0 Å². The summed E-state index contributed by atoms with van der Waals surface area (Å²) < 4.78 is 22.6. The highest BCUT2D eigenvalue weighted by Crippen LogP contribution is 2.17. The summed E-state index contributed by atoms with van der Waals surface area (Å²) in [4.78, 5) is 25.0. The average molecular weight is 278 g/mol. The maximum Gasteiger partial charge on any atom is 0.319 e. The lowest BCUT2D eigenvalue weighted by Crippen LogP contribution is -2.45. The maximum atomic E-state index is 11.9. The number of hydrogen-bond donors (Lipinski definition) is 1. The fourth-order valence-corrected chi connectivity index (χ4v) is 3.64. The van der Waals surface area contributed by atoms with Crippen molar-refractivity contribution < 1.29 is 23.1 Å². The molecular weight excluding hydrogens is 260 g/mol. The summed E-state index contributed by atoms with van der Waals surface area (Å²) in [6, 6.07) is -0.659. The predicted octanol–water partition coefficient (Wildman–Crippen LogP) is -0.368. The molecule has 8 heteroatoms. The van der Waals surface area contributed by atoms with Gasteiger partial charge in [0.15, 0.2) is 9.84 Å². The summed E-state index contributed by atoms with van der Waals surface area (Å²) in [5, 5.41) is 8.53. The van der Waals surface area contributed by atoms with Crippen LogP contribution in [0.3, 0.4) is 0 Å². The number of sulfone groups is 1. The van der Waals surface area contributed by atoms with Crippen molar-refractivity contribution in [1.29, 1.82) is 0 Å². The summed E-state index contributed by atoms with van der Waals surface area (Å²) in [7, 11) is 0.0200. The number of hydrogen-bond acceptors (Lipinski definition) is 4. The molecule has 0 aliphatic carbocycles. The summed E-state index contributed by atoms with van der Waals surface area (Å²) in [5.41, 5.74) is 0. The van der Waals surface area contributed by atoms with E-state index in [1.165, 1.54) is 16.8 Å². The molecule has 1 aliphatic heterocycles. The third-order valence-electron chi connectivity index (χ3n) is 3.05. The minimum absolute atomic E-state index is 0.0119. The lowest BCUT2D eigenvalue weighted by atomic mass is 10.2. The number of carbonyl (C=O) groups excluding carboxylic acids is 1. The van der Waals surface area contributed by atoms with E-state index < -0.39 is 15.8 Å². The van der Waals surface area contributed by atoms with E-state index in [0.717, 1.165) is 0 Å². The topological polar surface area (TPSA) is 95.0 Å². The summed E-state index contributed by atoms with van der Waals surface area (Å²) in [5.74, 6) is -0.878. The Bertz CT molecular complexity index is 434. The Balaban J connectivity index is 2.53. The third kappa shape index (κ3) is 3.86. The summed E-state index contributed by atoms with van der Waals surface area (Å²) in [6.45, 7) is 0.109. The summed E-state index contributed by atoms with van der Waals surface area (Å²) in [6.07, 6.45) is 0.316. The van der Waals surface area contributed by atoms with E-state index >= 15 is 0 Å². The van der Waals surface area contributed by atoms with Crippen LogP contribution in [0.2, 0.25) is 0 Å². The lowest BCUT2D eigenvalue weighted by molar-refractivity contribution is -0.137. The smallest absolute Gasteiger partial charge is 0.319 e.